The lowest BCUT2D eigenvalue weighted by atomic mass is 10.0. The van der Waals surface area contributed by atoms with Crippen molar-refractivity contribution < 1.29 is 13.2 Å². The van der Waals surface area contributed by atoms with Gasteiger partial charge in [-0.25, -0.2) is 8.42 Å². The van der Waals surface area contributed by atoms with Crippen LogP contribution in [0, 0.1) is 5.92 Å². The smallest absolute Gasteiger partial charge is 0.221 e. The molecule has 21 heavy (non-hydrogen) atoms. The molecule has 0 bridgehead atoms. The van der Waals surface area contributed by atoms with Crippen LogP contribution in [0.5, 0.6) is 0 Å². The lowest BCUT2D eigenvalue weighted by molar-refractivity contribution is -0.122. The highest BCUT2D eigenvalue weighted by molar-refractivity contribution is 7.94. The molecule has 0 radical (unpaired) electrons. The summed E-state index contributed by atoms with van der Waals surface area (Å²) in [5.74, 6) is -0.279. The lowest BCUT2D eigenvalue weighted by Gasteiger charge is -2.16. The van der Waals surface area contributed by atoms with Crippen LogP contribution in [0.15, 0.2) is 35.7 Å². The molecule has 0 saturated heterocycles. The molecular formula is C16H21NO3S. The fraction of sp³-hybridized carbons (Fsp3) is 0.438. The molecule has 1 aliphatic rings. The first-order chi connectivity index (χ1) is 9.89. The van der Waals surface area contributed by atoms with Gasteiger partial charge < -0.3 is 5.32 Å². The fourth-order valence-electron chi connectivity index (χ4n) is 2.43. The molecule has 1 aromatic rings. The molecule has 0 aromatic heterocycles. The maximum absolute atomic E-state index is 12.0. The SMILES string of the molecule is CCc1ccc(C(C)NC(=O)CC2C=CS(=O)(=O)C2)cc1. The minimum absolute atomic E-state index is 0.0417. The number of carbonyl (C=O) groups excluding carboxylic acids is 1. The number of rotatable bonds is 5. The predicted octanol–water partition coefficient (Wildman–Crippen LogP) is 2.37. The van der Waals surface area contributed by atoms with Gasteiger partial charge in [-0.15, -0.1) is 0 Å². The molecule has 0 aliphatic carbocycles. The van der Waals surface area contributed by atoms with Gasteiger partial charge in [0.25, 0.3) is 0 Å². The number of sulfone groups is 1. The average Bonchev–Trinajstić information content (AvgIpc) is 2.77. The first-order valence-corrected chi connectivity index (χ1v) is 8.90. The number of amides is 1. The fourth-order valence-corrected chi connectivity index (χ4v) is 3.83. The van der Waals surface area contributed by atoms with E-state index in [2.05, 4.69) is 24.4 Å². The van der Waals surface area contributed by atoms with Crippen LogP contribution in [0.25, 0.3) is 0 Å². The summed E-state index contributed by atoms with van der Waals surface area (Å²) in [4.78, 5) is 12.0. The molecule has 1 aliphatic heterocycles. The van der Waals surface area contributed by atoms with E-state index in [4.69, 9.17) is 0 Å². The monoisotopic (exact) mass is 307 g/mol. The molecule has 1 N–H and O–H groups in total. The Morgan fingerprint density at radius 3 is 2.52 bits per heavy atom. The molecule has 2 rings (SSSR count). The van der Waals surface area contributed by atoms with Gasteiger partial charge in [0.2, 0.25) is 5.91 Å². The first kappa shape index (κ1) is 15.8. The molecule has 2 atom stereocenters. The topological polar surface area (TPSA) is 63.2 Å². The number of hydrogen-bond donors (Lipinski definition) is 1. The van der Waals surface area contributed by atoms with Crippen LogP contribution >= 0.6 is 0 Å². The van der Waals surface area contributed by atoms with Crippen molar-refractivity contribution in [3.63, 3.8) is 0 Å². The number of aryl methyl sites for hydroxylation is 1. The van der Waals surface area contributed by atoms with Gasteiger partial charge in [0.1, 0.15) is 0 Å². The number of nitrogens with one attached hydrogen (secondary N) is 1. The Kier molecular flexibility index (Phi) is 4.83. The summed E-state index contributed by atoms with van der Waals surface area (Å²) in [5, 5.41) is 4.13. The maximum Gasteiger partial charge on any atom is 0.221 e. The summed E-state index contributed by atoms with van der Waals surface area (Å²) in [7, 11) is -3.09. The molecule has 1 heterocycles. The highest BCUT2D eigenvalue weighted by Crippen LogP contribution is 2.19. The normalized spacial score (nSPS) is 21.1. The van der Waals surface area contributed by atoms with Crippen LogP contribution in [-0.2, 0) is 21.1 Å². The zero-order valence-electron chi connectivity index (χ0n) is 12.4. The molecule has 5 heteroatoms. The lowest BCUT2D eigenvalue weighted by Crippen LogP contribution is -2.28. The van der Waals surface area contributed by atoms with Crippen molar-refractivity contribution in [2.24, 2.45) is 5.92 Å². The van der Waals surface area contributed by atoms with Gasteiger partial charge >= 0.3 is 0 Å². The number of hydrogen-bond acceptors (Lipinski definition) is 3. The van der Waals surface area contributed by atoms with Gasteiger partial charge in [-0.05, 0) is 24.5 Å². The van der Waals surface area contributed by atoms with Crippen molar-refractivity contribution in [1.29, 1.82) is 0 Å². The third-order valence-electron chi connectivity index (χ3n) is 3.72. The highest BCUT2D eigenvalue weighted by atomic mass is 32.2. The molecule has 1 aromatic carbocycles. The molecule has 2 unspecified atom stereocenters. The molecule has 0 fully saturated rings. The molecule has 0 spiro atoms. The van der Waals surface area contributed by atoms with Crippen molar-refractivity contribution in [1.82, 2.24) is 5.32 Å². The minimum atomic E-state index is -3.09. The Hall–Kier alpha value is -1.62. The Morgan fingerprint density at radius 2 is 2.00 bits per heavy atom. The number of allylic oxidation sites excluding steroid dienone is 1. The predicted molar refractivity (Wildman–Crippen MR) is 83.4 cm³/mol. The standard InChI is InChI=1S/C16H21NO3S/c1-3-13-4-6-15(7-5-13)12(2)17-16(18)10-14-8-9-21(19,20)11-14/h4-9,12,14H,3,10-11H2,1-2H3,(H,17,18). The molecule has 4 nitrogen and oxygen atoms in total. The summed E-state index contributed by atoms with van der Waals surface area (Å²) in [6.07, 6.45) is 2.81. The summed E-state index contributed by atoms with van der Waals surface area (Å²) in [6, 6.07) is 8.08. The molecule has 114 valence electrons. The minimum Gasteiger partial charge on any atom is -0.350 e. The van der Waals surface area contributed by atoms with Gasteiger partial charge in [-0.3, -0.25) is 4.79 Å². The second-order valence-corrected chi connectivity index (χ2v) is 7.44. The van der Waals surface area contributed by atoms with Gasteiger partial charge in [0, 0.05) is 17.7 Å². The molecule has 1 amide bonds. The summed E-state index contributed by atoms with van der Waals surface area (Å²) in [5.41, 5.74) is 2.31. The van der Waals surface area contributed by atoms with E-state index in [0.717, 1.165) is 12.0 Å². The Balaban J connectivity index is 1.88. The van der Waals surface area contributed by atoms with Crippen LogP contribution in [0.3, 0.4) is 0 Å². The van der Waals surface area contributed by atoms with Crippen LogP contribution in [0.4, 0.5) is 0 Å². The zero-order valence-corrected chi connectivity index (χ0v) is 13.2. The first-order valence-electron chi connectivity index (χ1n) is 7.19. The van der Waals surface area contributed by atoms with E-state index in [9.17, 15) is 13.2 Å². The van der Waals surface area contributed by atoms with Crippen LogP contribution in [0.2, 0.25) is 0 Å². The second kappa shape index (κ2) is 6.43. The number of benzene rings is 1. The van der Waals surface area contributed by atoms with Crippen molar-refractivity contribution >= 4 is 15.7 Å². The molecule has 0 saturated carbocycles. The largest absolute Gasteiger partial charge is 0.350 e. The van der Waals surface area contributed by atoms with Crippen LogP contribution in [0.1, 0.15) is 37.4 Å². The van der Waals surface area contributed by atoms with E-state index in [1.165, 1.54) is 11.0 Å². The van der Waals surface area contributed by atoms with Crippen molar-refractivity contribution in [2.75, 3.05) is 5.75 Å². The van der Waals surface area contributed by atoms with Crippen molar-refractivity contribution in [2.45, 2.75) is 32.7 Å². The second-order valence-electron chi connectivity index (χ2n) is 5.51. The third kappa shape index (κ3) is 4.43. The van der Waals surface area contributed by atoms with E-state index >= 15 is 0 Å². The van der Waals surface area contributed by atoms with Crippen LogP contribution < -0.4 is 5.32 Å². The van der Waals surface area contributed by atoms with E-state index in [1.807, 2.05) is 19.1 Å². The van der Waals surface area contributed by atoms with E-state index < -0.39 is 9.84 Å². The van der Waals surface area contributed by atoms with Gasteiger partial charge in [-0.1, -0.05) is 37.3 Å². The van der Waals surface area contributed by atoms with Gasteiger partial charge in [-0.2, -0.15) is 0 Å². The Bertz CT molecular complexity index is 632. The van der Waals surface area contributed by atoms with E-state index in [0.29, 0.717) is 0 Å². The third-order valence-corrected chi connectivity index (χ3v) is 5.18. The van der Waals surface area contributed by atoms with E-state index in [1.54, 1.807) is 6.08 Å². The van der Waals surface area contributed by atoms with Crippen LogP contribution in [-0.4, -0.2) is 20.1 Å². The van der Waals surface area contributed by atoms with Gasteiger partial charge in [0.05, 0.1) is 11.8 Å². The Morgan fingerprint density at radius 1 is 1.33 bits per heavy atom. The highest BCUT2D eigenvalue weighted by Gasteiger charge is 2.24. The summed E-state index contributed by atoms with van der Waals surface area (Å²) < 4.78 is 22.6. The van der Waals surface area contributed by atoms with Gasteiger partial charge in [0.15, 0.2) is 9.84 Å². The quantitative estimate of drug-likeness (QED) is 0.908. The Labute approximate surface area is 126 Å². The summed E-state index contributed by atoms with van der Waals surface area (Å²) >= 11 is 0. The maximum atomic E-state index is 12.0. The average molecular weight is 307 g/mol. The molecular weight excluding hydrogens is 286 g/mol. The zero-order chi connectivity index (χ0) is 15.5. The van der Waals surface area contributed by atoms with Crippen molar-refractivity contribution in [3.8, 4) is 0 Å². The van der Waals surface area contributed by atoms with Crippen molar-refractivity contribution in [3.05, 3.63) is 46.9 Å². The van der Waals surface area contributed by atoms with E-state index in [-0.39, 0.29) is 30.0 Å². The number of carbonyl (C=O) groups is 1. The summed E-state index contributed by atoms with van der Waals surface area (Å²) in [6.45, 7) is 4.03.